The number of anilines is 1. The molecule has 2 heterocycles. The Bertz CT molecular complexity index is 1160. The molecular formula is C26H30N4O5. The normalized spacial score (nSPS) is 13.8. The SMILES string of the molecule is COc1cccc(OC)c1CNC(=O)c1nc(C2CCNCC2)oc1-c1ccc(NC(C)=O)cc1. The number of benzene rings is 2. The van der Waals surface area contributed by atoms with Crippen LogP contribution in [0.15, 0.2) is 46.9 Å². The predicted molar refractivity (Wildman–Crippen MR) is 132 cm³/mol. The molecule has 9 nitrogen and oxygen atoms in total. The number of hydrogen-bond donors (Lipinski definition) is 3. The van der Waals surface area contributed by atoms with Crippen LogP contribution in [0.4, 0.5) is 5.69 Å². The molecule has 0 spiro atoms. The van der Waals surface area contributed by atoms with Gasteiger partial charge in [-0.05, 0) is 62.3 Å². The van der Waals surface area contributed by atoms with E-state index >= 15 is 0 Å². The van der Waals surface area contributed by atoms with Crippen LogP contribution in [-0.2, 0) is 11.3 Å². The lowest BCUT2D eigenvalue weighted by Crippen LogP contribution is -2.27. The topological polar surface area (TPSA) is 115 Å². The number of ether oxygens (including phenoxy) is 2. The van der Waals surface area contributed by atoms with Gasteiger partial charge in [-0.1, -0.05) is 6.07 Å². The minimum Gasteiger partial charge on any atom is -0.496 e. The summed E-state index contributed by atoms with van der Waals surface area (Å²) in [5.41, 5.74) is 2.31. The van der Waals surface area contributed by atoms with E-state index in [4.69, 9.17) is 13.9 Å². The van der Waals surface area contributed by atoms with Crippen molar-refractivity contribution in [3.8, 4) is 22.8 Å². The molecule has 1 aliphatic rings. The second kappa shape index (κ2) is 11.1. The van der Waals surface area contributed by atoms with E-state index in [1.807, 2.05) is 18.2 Å². The van der Waals surface area contributed by atoms with Gasteiger partial charge >= 0.3 is 0 Å². The Morgan fingerprint density at radius 2 is 1.71 bits per heavy atom. The standard InChI is InChI=1S/C26H30N4O5/c1-16(31)29-19-9-7-17(8-10-19)24-23(30-26(35-24)18-11-13-27-14-12-18)25(32)28-15-20-21(33-2)5-4-6-22(20)34-3/h4-10,18,27H,11-15H2,1-3H3,(H,28,32)(H,29,31). The molecule has 3 N–H and O–H groups in total. The molecule has 2 amide bonds. The minimum atomic E-state index is -0.358. The summed E-state index contributed by atoms with van der Waals surface area (Å²) in [6.45, 7) is 3.41. The van der Waals surface area contributed by atoms with Crippen LogP contribution in [-0.4, -0.2) is 44.1 Å². The fraction of sp³-hybridized carbons (Fsp3) is 0.346. The van der Waals surface area contributed by atoms with Gasteiger partial charge in [-0.2, -0.15) is 0 Å². The van der Waals surface area contributed by atoms with Gasteiger partial charge in [0.25, 0.3) is 5.91 Å². The third kappa shape index (κ3) is 5.63. The second-order valence-corrected chi connectivity index (χ2v) is 8.34. The van der Waals surface area contributed by atoms with Crippen molar-refractivity contribution in [1.82, 2.24) is 15.6 Å². The van der Waals surface area contributed by atoms with E-state index < -0.39 is 0 Å². The van der Waals surface area contributed by atoms with Crippen molar-refractivity contribution in [2.24, 2.45) is 0 Å². The van der Waals surface area contributed by atoms with Gasteiger partial charge in [0.15, 0.2) is 17.3 Å². The van der Waals surface area contributed by atoms with Gasteiger partial charge in [-0.15, -0.1) is 0 Å². The number of methoxy groups -OCH3 is 2. The molecule has 1 saturated heterocycles. The van der Waals surface area contributed by atoms with Crippen molar-refractivity contribution in [3.63, 3.8) is 0 Å². The number of carbonyl (C=O) groups is 2. The molecule has 0 saturated carbocycles. The number of nitrogens with one attached hydrogen (secondary N) is 3. The molecule has 0 bridgehead atoms. The third-order valence-electron chi connectivity index (χ3n) is 5.97. The number of oxazole rings is 1. The summed E-state index contributed by atoms with van der Waals surface area (Å²) in [6, 6.07) is 12.6. The molecule has 4 rings (SSSR count). The zero-order valence-corrected chi connectivity index (χ0v) is 20.1. The lowest BCUT2D eigenvalue weighted by atomic mass is 9.98. The zero-order chi connectivity index (χ0) is 24.8. The lowest BCUT2D eigenvalue weighted by molar-refractivity contribution is -0.114. The van der Waals surface area contributed by atoms with Crippen LogP contribution < -0.4 is 25.4 Å². The molecule has 3 aromatic rings. The summed E-state index contributed by atoms with van der Waals surface area (Å²) in [6.07, 6.45) is 1.78. The lowest BCUT2D eigenvalue weighted by Gasteiger charge is -2.19. The first-order valence-electron chi connectivity index (χ1n) is 11.6. The monoisotopic (exact) mass is 478 g/mol. The van der Waals surface area contributed by atoms with Crippen LogP contribution in [0.2, 0.25) is 0 Å². The van der Waals surface area contributed by atoms with Crippen molar-refractivity contribution in [2.45, 2.75) is 32.2 Å². The third-order valence-corrected chi connectivity index (χ3v) is 5.97. The zero-order valence-electron chi connectivity index (χ0n) is 20.1. The largest absolute Gasteiger partial charge is 0.496 e. The molecular weight excluding hydrogens is 448 g/mol. The van der Waals surface area contributed by atoms with E-state index in [0.717, 1.165) is 31.5 Å². The summed E-state index contributed by atoms with van der Waals surface area (Å²) >= 11 is 0. The maximum absolute atomic E-state index is 13.3. The fourth-order valence-electron chi connectivity index (χ4n) is 4.19. The van der Waals surface area contributed by atoms with Gasteiger partial charge in [0.2, 0.25) is 5.91 Å². The number of carbonyl (C=O) groups excluding carboxylic acids is 2. The Hall–Kier alpha value is -3.85. The average Bonchev–Trinajstić information content (AvgIpc) is 3.33. The first kappa shape index (κ1) is 24.3. The molecule has 1 aromatic heterocycles. The maximum Gasteiger partial charge on any atom is 0.274 e. The maximum atomic E-state index is 13.3. The van der Waals surface area contributed by atoms with E-state index in [0.29, 0.717) is 34.4 Å². The van der Waals surface area contributed by atoms with E-state index in [1.165, 1.54) is 6.92 Å². The second-order valence-electron chi connectivity index (χ2n) is 8.34. The Morgan fingerprint density at radius 3 is 2.31 bits per heavy atom. The van der Waals surface area contributed by atoms with Crippen LogP contribution in [0.1, 0.15) is 47.6 Å². The number of nitrogens with zero attached hydrogens (tertiary/aromatic N) is 1. The van der Waals surface area contributed by atoms with Crippen LogP contribution in [0, 0.1) is 0 Å². The Labute approximate surface area is 204 Å². The summed E-state index contributed by atoms with van der Waals surface area (Å²) in [5, 5.41) is 9.02. The minimum absolute atomic E-state index is 0.143. The Morgan fingerprint density at radius 1 is 1.06 bits per heavy atom. The molecule has 1 fully saturated rings. The van der Waals surface area contributed by atoms with Gasteiger partial charge < -0.3 is 29.8 Å². The molecule has 35 heavy (non-hydrogen) atoms. The highest BCUT2D eigenvalue weighted by Gasteiger charge is 2.27. The molecule has 9 heteroatoms. The molecule has 1 aliphatic heterocycles. The highest BCUT2D eigenvalue weighted by Crippen LogP contribution is 2.33. The first-order valence-corrected chi connectivity index (χ1v) is 11.6. The Balaban J connectivity index is 1.63. The van der Waals surface area contributed by atoms with E-state index in [-0.39, 0.29) is 30.0 Å². The van der Waals surface area contributed by atoms with Crippen LogP contribution in [0.25, 0.3) is 11.3 Å². The summed E-state index contributed by atoms with van der Waals surface area (Å²) in [5.74, 6) is 1.83. The van der Waals surface area contributed by atoms with Crippen LogP contribution in [0.3, 0.4) is 0 Å². The fourth-order valence-corrected chi connectivity index (χ4v) is 4.19. The van der Waals surface area contributed by atoms with E-state index in [9.17, 15) is 9.59 Å². The highest BCUT2D eigenvalue weighted by molar-refractivity contribution is 5.98. The number of amides is 2. The molecule has 184 valence electrons. The first-order chi connectivity index (χ1) is 17.0. The van der Waals surface area contributed by atoms with Crippen molar-refractivity contribution in [1.29, 1.82) is 0 Å². The quantitative estimate of drug-likeness (QED) is 0.452. The molecule has 0 atom stereocenters. The molecule has 2 aromatic carbocycles. The predicted octanol–water partition coefficient (Wildman–Crippen LogP) is 3.71. The van der Waals surface area contributed by atoms with Crippen molar-refractivity contribution in [2.75, 3.05) is 32.6 Å². The van der Waals surface area contributed by atoms with Crippen LogP contribution in [0.5, 0.6) is 11.5 Å². The number of hydrogen-bond acceptors (Lipinski definition) is 7. The number of piperidine rings is 1. The van der Waals surface area contributed by atoms with Crippen molar-refractivity contribution >= 4 is 17.5 Å². The van der Waals surface area contributed by atoms with Gasteiger partial charge in [-0.3, -0.25) is 9.59 Å². The van der Waals surface area contributed by atoms with Gasteiger partial charge in [0.05, 0.1) is 26.3 Å². The van der Waals surface area contributed by atoms with Crippen molar-refractivity contribution in [3.05, 3.63) is 59.6 Å². The summed E-state index contributed by atoms with van der Waals surface area (Å²) in [4.78, 5) is 29.3. The average molecular weight is 479 g/mol. The molecule has 0 unspecified atom stereocenters. The van der Waals surface area contributed by atoms with E-state index in [2.05, 4.69) is 20.9 Å². The van der Waals surface area contributed by atoms with Gasteiger partial charge in [-0.25, -0.2) is 4.98 Å². The van der Waals surface area contributed by atoms with Crippen molar-refractivity contribution < 1.29 is 23.5 Å². The Kier molecular flexibility index (Phi) is 7.67. The summed E-state index contributed by atoms with van der Waals surface area (Å²) in [7, 11) is 3.15. The molecule has 0 radical (unpaired) electrons. The van der Waals surface area contributed by atoms with Gasteiger partial charge in [0, 0.05) is 24.1 Å². The smallest absolute Gasteiger partial charge is 0.274 e. The summed E-state index contributed by atoms with van der Waals surface area (Å²) < 4.78 is 17.1. The van der Waals surface area contributed by atoms with Gasteiger partial charge in [0.1, 0.15) is 11.5 Å². The van der Waals surface area contributed by atoms with Crippen LogP contribution >= 0.6 is 0 Å². The molecule has 0 aliphatic carbocycles. The van der Waals surface area contributed by atoms with E-state index in [1.54, 1.807) is 38.5 Å². The number of rotatable bonds is 8. The highest BCUT2D eigenvalue weighted by atomic mass is 16.5. The number of aromatic nitrogens is 1.